The second-order valence-corrected chi connectivity index (χ2v) is 6.34. The molecule has 3 heteroatoms. The average molecular weight is 272 g/mol. The van der Waals surface area contributed by atoms with Crippen molar-refractivity contribution in [3.8, 4) is 11.3 Å². The summed E-state index contributed by atoms with van der Waals surface area (Å²) < 4.78 is 5.36. The average Bonchev–Trinajstić information content (AvgIpc) is 2.88. The van der Waals surface area contributed by atoms with Crippen LogP contribution in [0, 0.1) is 0 Å². The molecule has 0 saturated heterocycles. The van der Waals surface area contributed by atoms with Crippen LogP contribution in [0.2, 0.25) is 0 Å². The lowest BCUT2D eigenvalue weighted by atomic mass is 9.86. The summed E-state index contributed by atoms with van der Waals surface area (Å²) in [7, 11) is 0. The number of hydrogen-bond acceptors (Lipinski definition) is 3. The van der Waals surface area contributed by atoms with Crippen LogP contribution in [0.5, 0.6) is 0 Å². The first kappa shape index (κ1) is 14.8. The van der Waals surface area contributed by atoms with E-state index in [-0.39, 0.29) is 11.5 Å². The van der Waals surface area contributed by atoms with Gasteiger partial charge < -0.3 is 10.3 Å². The molecular weight excluding hydrogens is 248 g/mol. The second kappa shape index (κ2) is 5.80. The van der Waals surface area contributed by atoms with E-state index >= 15 is 0 Å². The molecule has 1 atom stereocenters. The predicted octanol–water partition coefficient (Wildman–Crippen LogP) is 4.44. The summed E-state index contributed by atoms with van der Waals surface area (Å²) in [4.78, 5) is 0. The van der Waals surface area contributed by atoms with Gasteiger partial charge in [-0.2, -0.15) is 0 Å². The van der Waals surface area contributed by atoms with Crippen molar-refractivity contribution in [1.82, 2.24) is 5.16 Å². The molecule has 0 spiro atoms. The Morgan fingerprint density at radius 1 is 1.20 bits per heavy atom. The summed E-state index contributed by atoms with van der Waals surface area (Å²) in [6.07, 6.45) is 1.95. The molecule has 108 valence electrons. The van der Waals surface area contributed by atoms with Crippen LogP contribution >= 0.6 is 0 Å². The minimum absolute atomic E-state index is 0.0601. The molecule has 2 N–H and O–H groups in total. The highest BCUT2D eigenvalue weighted by Gasteiger charge is 2.15. The van der Waals surface area contributed by atoms with Gasteiger partial charge in [-0.3, -0.25) is 0 Å². The van der Waals surface area contributed by atoms with E-state index in [0.717, 1.165) is 29.9 Å². The topological polar surface area (TPSA) is 52.0 Å². The number of rotatable bonds is 4. The number of nitrogens with zero attached hydrogens (tertiary/aromatic N) is 1. The monoisotopic (exact) mass is 272 g/mol. The van der Waals surface area contributed by atoms with Gasteiger partial charge in [-0.25, -0.2) is 0 Å². The van der Waals surface area contributed by atoms with E-state index in [9.17, 15) is 0 Å². The predicted molar refractivity (Wildman–Crippen MR) is 82.5 cm³/mol. The van der Waals surface area contributed by atoms with Crippen LogP contribution in [0.1, 0.15) is 57.9 Å². The van der Waals surface area contributed by atoms with Gasteiger partial charge in [0.05, 0.1) is 6.04 Å². The molecule has 3 nitrogen and oxygen atoms in total. The molecule has 2 rings (SSSR count). The van der Waals surface area contributed by atoms with Crippen LogP contribution in [0.3, 0.4) is 0 Å². The Balaban J connectivity index is 2.20. The smallest absolute Gasteiger partial charge is 0.154 e. The van der Waals surface area contributed by atoms with Crippen LogP contribution in [-0.2, 0) is 5.41 Å². The van der Waals surface area contributed by atoms with Gasteiger partial charge in [-0.1, -0.05) is 63.5 Å². The van der Waals surface area contributed by atoms with Crippen LogP contribution in [-0.4, -0.2) is 5.16 Å². The molecule has 0 aliphatic heterocycles. The van der Waals surface area contributed by atoms with E-state index in [1.165, 1.54) is 5.56 Å². The van der Waals surface area contributed by atoms with Crippen molar-refractivity contribution < 1.29 is 4.52 Å². The summed E-state index contributed by atoms with van der Waals surface area (Å²) in [6, 6.07) is 10.4. The molecule has 0 aliphatic carbocycles. The lowest BCUT2D eigenvalue weighted by molar-refractivity contribution is 0.356. The standard InChI is InChI=1S/C17H24N2O/c1-5-6-14(18)16-11-15(19-20-16)12-7-9-13(10-8-12)17(2,3)4/h7-11,14H,5-6,18H2,1-4H3. The first-order valence-corrected chi connectivity index (χ1v) is 7.25. The summed E-state index contributed by atoms with van der Waals surface area (Å²) >= 11 is 0. The summed E-state index contributed by atoms with van der Waals surface area (Å²) in [5, 5.41) is 4.13. The van der Waals surface area contributed by atoms with Crippen molar-refractivity contribution in [2.75, 3.05) is 0 Å². The number of benzene rings is 1. The number of aromatic nitrogens is 1. The lowest BCUT2D eigenvalue weighted by Crippen LogP contribution is -2.10. The molecular formula is C17H24N2O. The van der Waals surface area contributed by atoms with Crippen molar-refractivity contribution >= 4 is 0 Å². The Labute approximate surface area is 121 Å². The minimum atomic E-state index is -0.0601. The molecule has 0 bridgehead atoms. The van der Waals surface area contributed by atoms with E-state index in [1.54, 1.807) is 0 Å². The van der Waals surface area contributed by atoms with Gasteiger partial charge in [0.1, 0.15) is 5.69 Å². The fourth-order valence-corrected chi connectivity index (χ4v) is 2.19. The fraction of sp³-hybridized carbons (Fsp3) is 0.471. The molecule has 0 fully saturated rings. The molecule has 0 radical (unpaired) electrons. The summed E-state index contributed by atoms with van der Waals surface area (Å²) in [5.74, 6) is 0.766. The quantitative estimate of drug-likeness (QED) is 0.895. The molecule has 20 heavy (non-hydrogen) atoms. The maximum atomic E-state index is 6.04. The van der Waals surface area contributed by atoms with E-state index in [2.05, 4.69) is 57.1 Å². The maximum absolute atomic E-state index is 6.04. The van der Waals surface area contributed by atoms with Crippen molar-refractivity contribution in [2.45, 2.75) is 52.0 Å². The Bertz CT molecular complexity index is 549. The van der Waals surface area contributed by atoms with E-state index < -0.39 is 0 Å². The van der Waals surface area contributed by atoms with Crippen molar-refractivity contribution in [3.05, 3.63) is 41.7 Å². The largest absolute Gasteiger partial charge is 0.359 e. The highest BCUT2D eigenvalue weighted by molar-refractivity contribution is 5.59. The molecule has 0 aliphatic rings. The van der Waals surface area contributed by atoms with Crippen LogP contribution in [0.15, 0.2) is 34.9 Å². The molecule has 2 aromatic rings. The molecule has 1 aromatic heterocycles. The van der Waals surface area contributed by atoms with Gasteiger partial charge in [0.25, 0.3) is 0 Å². The van der Waals surface area contributed by atoms with Crippen molar-refractivity contribution in [1.29, 1.82) is 0 Å². The lowest BCUT2D eigenvalue weighted by Gasteiger charge is -2.18. The molecule has 1 aromatic carbocycles. The van der Waals surface area contributed by atoms with Crippen LogP contribution in [0.25, 0.3) is 11.3 Å². The SMILES string of the molecule is CCCC(N)c1cc(-c2ccc(C(C)(C)C)cc2)no1. The normalized spacial score (nSPS) is 13.4. The molecule has 1 heterocycles. The van der Waals surface area contributed by atoms with Gasteiger partial charge in [0, 0.05) is 11.6 Å². The third kappa shape index (κ3) is 3.28. The zero-order valence-corrected chi connectivity index (χ0v) is 12.8. The van der Waals surface area contributed by atoms with Gasteiger partial charge >= 0.3 is 0 Å². The zero-order valence-electron chi connectivity index (χ0n) is 12.8. The maximum Gasteiger partial charge on any atom is 0.154 e. The summed E-state index contributed by atoms with van der Waals surface area (Å²) in [5.41, 5.74) is 9.44. The molecule has 0 amide bonds. The number of nitrogens with two attached hydrogens (primary N) is 1. The van der Waals surface area contributed by atoms with Gasteiger partial charge in [0.15, 0.2) is 5.76 Å². The Kier molecular flexibility index (Phi) is 4.29. The first-order chi connectivity index (χ1) is 9.41. The van der Waals surface area contributed by atoms with Gasteiger partial charge in [0.2, 0.25) is 0 Å². The zero-order chi connectivity index (χ0) is 14.8. The van der Waals surface area contributed by atoms with Crippen LogP contribution in [0.4, 0.5) is 0 Å². The molecule has 0 saturated carbocycles. The minimum Gasteiger partial charge on any atom is -0.359 e. The van der Waals surface area contributed by atoms with Crippen molar-refractivity contribution in [3.63, 3.8) is 0 Å². The van der Waals surface area contributed by atoms with E-state index in [4.69, 9.17) is 10.3 Å². The van der Waals surface area contributed by atoms with Crippen molar-refractivity contribution in [2.24, 2.45) is 5.73 Å². The Morgan fingerprint density at radius 3 is 2.40 bits per heavy atom. The van der Waals surface area contributed by atoms with Gasteiger partial charge in [-0.15, -0.1) is 0 Å². The Morgan fingerprint density at radius 2 is 1.85 bits per heavy atom. The molecule has 1 unspecified atom stereocenters. The number of hydrogen-bond donors (Lipinski definition) is 1. The third-order valence-electron chi connectivity index (χ3n) is 3.54. The van der Waals surface area contributed by atoms with Crippen LogP contribution < -0.4 is 5.73 Å². The van der Waals surface area contributed by atoms with E-state index in [1.807, 2.05) is 6.07 Å². The third-order valence-corrected chi connectivity index (χ3v) is 3.54. The second-order valence-electron chi connectivity index (χ2n) is 6.34. The van der Waals surface area contributed by atoms with Gasteiger partial charge in [-0.05, 0) is 17.4 Å². The highest BCUT2D eigenvalue weighted by Crippen LogP contribution is 2.27. The Hall–Kier alpha value is -1.61. The first-order valence-electron chi connectivity index (χ1n) is 7.25. The summed E-state index contributed by atoms with van der Waals surface area (Å²) in [6.45, 7) is 8.74. The van der Waals surface area contributed by atoms with E-state index in [0.29, 0.717) is 0 Å². The fourth-order valence-electron chi connectivity index (χ4n) is 2.19. The highest BCUT2D eigenvalue weighted by atomic mass is 16.5.